The van der Waals surface area contributed by atoms with Crippen molar-refractivity contribution in [3.05, 3.63) is 33.8 Å². The van der Waals surface area contributed by atoms with Crippen LogP contribution in [0.1, 0.15) is 28.8 Å². The number of nitrogens with zero attached hydrogens (tertiary/aromatic N) is 1. The zero-order chi connectivity index (χ0) is 13.1. The number of benzene rings is 1. The van der Waals surface area contributed by atoms with E-state index in [1.165, 1.54) is 0 Å². The second-order valence-corrected chi connectivity index (χ2v) is 5.73. The van der Waals surface area contributed by atoms with Gasteiger partial charge in [0.15, 0.2) is 0 Å². The fourth-order valence-electron chi connectivity index (χ4n) is 2.41. The fraction of sp³-hybridized carbons (Fsp3) is 0.500. The SMILES string of the molecule is CNC1CCN(C(=O)c2ccc(Br)cc2C)CC1.Cl. The molecule has 0 atom stereocenters. The molecule has 0 radical (unpaired) electrons. The Bertz CT molecular complexity index is 445. The standard InChI is InChI=1S/C14H19BrN2O.ClH/c1-10-9-11(15)3-4-13(10)14(18)17-7-5-12(16-2)6-8-17;/h3-4,9,12,16H,5-8H2,1-2H3;1H. The highest BCUT2D eigenvalue weighted by molar-refractivity contribution is 9.10. The van der Waals surface area contributed by atoms with E-state index in [2.05, 4.69) is 21.2 Å². The Morgan fingerprint density at radius 3 is 2.53 bits per heavy atom. The molecule has 5 heteroatoms. The molecule has 1 saturated heterocycles. The lowest BCUT2D eigenvalue weighted by Gasteiger charge is -2.32. The van der Waals surface area contributed by atoms with Gasteiger partial charge in [-0.2, -0.15) is 0 Å². The van der Waals surface area contributed by atoms with Gasteiger partial charge in [-0.25, -0.2) is 0 Å². The first-order valence-electron chi connectivity index (χ1n) is 6.34. The van der Waals surface area contributed by atoms with Crippen molar-refractivity contribution in [2.24, 2.45) is 0 Å². The third-order valence-electron chi connectivity index (χ3n) is 3.61. The van der Waals surface area contributed by atoms with Crippen LogP contribution in [0.3, 0.4) is 0 Å². The van der Waals surface area contributed by atoms with Crippen LogP contribution in [0.25, 0.3) is 0 Å². The van der Waals surface area contributed by atoms with Crippen LogP contribution >= 0.6 is 28.3 Å². The zero-order valence-corrected chi connectivity index (χ0v) is 13.7. The number of amides is 1. The number of nitrogens with one attached hydrogen (secondary N) is 1. The second-order valence-electron chi connectivity index (χ2n) is 4.81. The predicted molar refractivity (Wildman–Crippen MR) is 84.1 cm³/mol. The molecule has 0 spiro atoms. The Morgan fingerprint density at radius 1 is 1.37 bits per heavy atom. The predicted octanol–water partition coefficient (Wildman–Crippen LogP) is 3.00. The van der Waals surface area contributed by atoms with Crippen molar-refractivity contribution in [1.29, 1.82) is 0 Å². The molecule has 106 valence electrons. The smallest absolute Gasteiger partial charge is 0.254 e. The number of aryl methyl sites for hydroxylation is 1. The van der Waals surface area contributed by atoms with Crippen molar-refractivity contribution in [2.45, 2.75) is 25.8 Å². The number of likely N-dealkylation sites (tertiary alicyclic amines) is 1. The van der Waals surface area contributed by atoms with Crippen molar-refractivity contribution in [1.82, 2.24) is 10.2 Å². The van der Waals surface area contributed by atoms with E-state index in [0.717, 1.165) is 41.5 Å². The third kappa shape index (κ3) is 3.94. The monoisotopic (exact) mass is 346 g/mol. The number of hydrogen-bond donors (Lipinski definition) is 1. The van der Waals surface area contributed by atoms with Crippen molar-refractivity contribution >= 4 is 34.2 Å². The van der Waals surface area contributed by atoms with Crippen LogP contribution in [0.4, 0.5) is 0 Å². The molecule has 1 aromatic carbocycles. The summed E-state index contributed by atoms with van der Waals surface area (Å²) in [4.78, 5) is 14.4. The maximum atomic E-state index is 12.4. The van der Waals surface area contributed by atoms with Gasteiger partial charge in [-0.3, -0.25) is 4.79 Å². The number of piperidine rings is 1. The first kappa shape index (κ1) is 16.5. The van der Waals surface area contributed by atoms with Gasteiger partial charge in [0.2, 0.25) is 0 Å². The first-order valence-corrected chi connectivity index (χ1v) is 7.14. The van der Waals surface area contributed by atoms with E-state index in [9.17, 15) is 4.79 Å². The Kier molecular flexibility index (Phi) is 6.30. The van der Waals surface area contributed by atoms with Gasteiger partial charge in [0.25, 0.3) is 5.91 Å². The van der Waals surface area contributed by atoms with E-state index in [-0.39, 0.29) is 18.3 Å². The minimum Gasteiger partial charge on any atom is -0.339 e. The lowest BCUT2D eigenvalue weighted by Crippen LogP contribution is -2.44. The number of carbonyl (C=O) groups is 1. The van der Waals surface area contributed by atoms with Crippen LogP contribution < -0.4 is 5.32 Å². The Morgan fingerprint density at radius 2 is 2.00 bits per heavy atom. The molecular weight excluding hydrogens is 328 g/mol. The van der Waals surface area contributed by atoms with Gasteiger partial charge in [-0.05, 0) is 50.6 Å². The van der Waals surface area contributed by atoms with Crippen LogP contribution in [-0.2, 0) is 0 Å². The molecular formula is C14H20BrClN2O. The van der Waals surface area contributed by atoms with Gasteiger partial charge < -0.3 is 10.2 Å². The lowest BCUT2D eigenvalue weighted by molar-refractivity contribution is 0.0706. The molecule has 1 aliphatic rings. The summed E-state index contributed by atoms with van der Waals surface area (Å²) in [5.74, 6) is 0.162. The van der Waals surface area contributed by atoms with Gasteiger partial charge in [0.05, 0.1) is 0 Å². The van der Waals surface area contributed by atoms with E-state index in [4.69, 9.17) is 0 Å². The summed E-state index contributed by atoms with van der Waals surface area (Å²) >= 11 is 3.43. The summed E-state index contributed by atoms with van der Waals surface area (Å²) in [6, 6.07) is 6.39. The number of halogens is 2. The highest BCUT2D eigenvalue weighted by Crippen LogP contribution is 2.19. The lowest BCUT2D eigenvalue weighted by atomic mass is 10.0. The van der Waals surface area contributed by atoms with Crippen molar-refractivity contribution < 1.29 is 4.79 Å². The first-order chi connectivity index (χ1) is 8.61. The molecule has 1 amide bonds. The molecule has 0 aliphatic carbocycles. The number of hydrogen-bond acceptors (Lipinski definition) is 2. The highest BCUT2D eigenvalue weighted by Gasteiger charge is 2.23. The molecule has 1 aromatic rings. The topological polar surface area (TPSA) is 32.3 Å². The molecule has 1 N–H and O–H groups in total. The normalized spacial score (nSPS) is 16.1. The van der Waals surface area contributed by atoms with Crippen molar-refractivity contribution in [3.8, 4) is 0 Å². The molecule has 1 heterocycles. The maximum absolute atomic E-state index is 12.4. The summed E-state index contributed by atoms with van der Waals surface area (Å²) in [6.45, 7) is 3.68. The third-order valence-corrected chi connectivity index (χ3v) is 4.10. The fourth-order valence-corrected chi connectivity index (χ4v) is 2.88. The average molecular weight is 348 g/mol. The van der Waals surface area contributed by atoms with Gasteiger partial charge in [0, 0.05) is 29.2 Å². The summed E-state index contributed by atoms with van der Waals surface area (Å²) in [5, 5.41) is 3.28. The van der Waals surface area contributed by atoms with Gasteiger partial charge in [0.1, 0.15) is 0 Å². The average Bonchev–Trinajstić information content (AvgIpc) is 2.38. The van der Waals surface area contributed by atoms with E-state index >= 15 is 0 Å². The summed E-state index contributed by atoms with van der Waals surface area (Å²) in [7, 11) is 1.99. The molecule has 3 nitrogen and oxygen atoms in total. The highest BCUT2D eigenvalue weighted by atomic mass is 79.9. The van der Waals surface area contributed by atoms with Gasteiger partial charge in [-0.1, -0.05) is 15.9 Å². The van der Waals surface area contributed by atoms with E-state index < -0.39 is 0 Å². The van der Waals surface area contributed by atoms with E-state index in [1.54, 1.807) is 0 Å². The summed E-state index contributed by atoms with van der Waals surface area (Å²) in [5.41, 5.74) is 1.85. The van der Waals surface area contributed by atoms with Gasteiger partial charge in [-0.15, -0.1) is 12.4 Å². The van der Waals surface area contributed by atoms with Gasteiger partial charge >= 0.3 is 0 Å². The molecule has 1 fully saturated rings. The molecule has 0 saturated carbocycles. The van der Waals surface area contributed by atoms with Crippen molar-refractivity contribution in [2.75, 3.05) is 20.1 Å². The zero-order valence-electron chi connectivity index (χ0n) is 11.3. The summed E-state index contributed by atoms with van der Waals surface area (Å²) < 4.78 is 1.02. The molecule has 1 aliphatic heterocycles. The minimum absolute atomic E-state index is 0. The number of carbonyl (C=O) groups excluding carboxylic acids is 1. The number of rotatable bonds is 2. The quantitative estimate of drug-likeness (QED) is 0.892. The molecule has 0 unspecified atom stereocenters. The Balaban J connectivity index is 0.00000180. The summed E-state index contributed by atoms with van der Waals surface area (Å²) in [6.07, 6.45) is 2.08. The Labute approximate surface area is 129 Å². The Hall–Kier alpha value is -0.580. The van der Waals surface area contributed by atoms with E-state index in [0.29, 0.717) is 6.04 Å². The van der Waals surface area contributed by atoms with Crippen LogP contribution in [-0.4, -0.2) is 37.0 Å². The molecule has 0 aromatic heterocycles. The minimum atomic E-state index is 0. The van der Waals surface area contributed by atoms with E-state index in [1.807, 2.05) is 37.1 Å². The van der Waals surface area contributed by atoms with Crippen molar-refractivity contribution in [3.63, 3.8) is 0 Å². The molecule has 0 bridgehead atoms. The second kappa shape index (κ2) is 7.27. The largest absolute Gasteiger partial charge is 0.339 e. The maximum Gasteiger partial charge on any atom is 0.254 e. The van der Waals surface area contributed by atoms with Crippen LogP contribution in [0.15, 0.2) is 22.7 Å². The molecule has 2 rings (SSSR count). The van der Waals surface area contributed by atoms with Crippen LogP contribution in [0.2, 0.25) is 0 Å². The molecule has 19 heavy (non-hydrogen) atoms. The van der Waals surface area contributed by atoms with Crippen LogP contribution in [0, 0.1) is 6.92 Å². The van der Waals surface area contributed by atoms with Crippen LogP contribution in [0.5, 0.6) is 0 Å².